The van der Waals surface area contributed by atoms with Crippen molar-refractivity contribution in [3.8, 4) is 17.2 Å². The van der Waals surface area contributed by atoms with Crippen molar-refractivity contribution in [2.24, 2.45) is 0 Å². The summed E-state index contributed by atoms with van der Waals surface area (Å²) in [4.78, 5) is 14.7. The van der Waals surface area contributed by atoms with E-state index in [9.17, 15) is 9.18 Å². The van der Waals surface area contributed by atoms with Crippen LogP contribution in [0.1, 0.15) is 21.5 Å². The maximum Gasteiger partial charge on any atom is 0.251 e. The quantitative estimate of drug-likeness (QED) is 0.632. The third kappa shape index (κ3) is 4.54. The third-order valence-electron chi connectivity index (χ3n) is 5.47. The van der Waals surface area contributed by atoms with Crippen LogP contribution in [0.4, 0.5) is 4.39 Å². The van der Waals surface area contributed by atoms with Gasteiger partial charge < -0.3 is 14.8 Å². The molecule has 0 spiro atoms. The second-order valence-electron chi connectivity index (χ2n) is 7.37. The van der Waals surface area contributed by atoms with Crippen molar-refractivity contribution in [3.63, 3.8) is 0 Å². The van der Waals surface area contributed by atoms with Crippen LogP contribution in [0.2, 0.25) is 0 Å². The topological polar surface area (TPSA) is 68.6 Å². The molecule has 4 rings (SSSR count). The number of methoxy groups -OCH3 is 2. The van der Waals surface area contributed by atoms with Gasteiger partial charge >= 0.3 is 0 Å². The molecular formula is C23H25FN4O3. The number of rotatable bonds is 7. The number of hydrogen-bond donors (Lipinski definition) is 1. The Bertz CT molecular complexity index is 1070. The number of carbonyl (C=O) groups is 1. The van der Waals surface area contributed by atoms with Crippen LogP contribution in [-0.4, -0.2) is 54.4 Å². The summed E-state index contributed by atoms with van der Waals surface area (Å²) in [5.74, 6) is 0.674. The second-order valence-corrected chi connectivity index (χ2v) is 7.37. The van der Waals surface area contributed by atoms with Crippen molar-refractivity contribution in [2.75, 3.05) is 33.9 Å². The van der Waals surface area contributed by atoms with Crippen LogP contribution in [0.15, 0.2) is 48.8 Å². The molecule has 2 aromatic carbocycles. The van der Waals surface area contributed by atoms with Gasteiger partial charge in [0.05, 0.1) is 14.2 Å². The van der Waals surface area contributed by atoms with Gasteiger partial charge in [0.15, 0.2) is 11.5 Å². The Morgan fingerprint density at radius 3 is 2.61 bits per heavy atom. The summed E-state index contributed by atoms with van der Waals surface area (Å²) in [5.41, 5.74) is 3.05. The molecule has 0 atom stereocenters. The normalized spacial score (nSPS) is 13.5. The molecule has 7 nitrogen and oxygen atoms in total. The Kier molecular flexibility index (Phi) is 6.18. The fraction of sp³-hybridized carbons (Fsp3) is 0.304. The zero-order chi connectivity index (χ0) is 21.8. The van der Waals surface area contributed by atoms with Crippen molar-refractivity contribution in [2.45, 2.75) is 13.0 Å². The van der Waals surface area contributed by atoms with E-state index in [-0.39, 0.29) is 11.5 Å². The van der Waals surface area contributed by atoms with Crippen LogP contribution >= 0.6 is 0 Å². The van der Waals surface area contributed by atoms with Gasteiger partial charge in [-0.1, -0.05) is 0 Å². The highest BCUT2D eigenvalue weighted by molar-refractivity contribution is 5.94. The molecule has 2 heterocycles. The van der Waals surface area contributed by atoms with Crippen LogP contribution in [0.3, 0.4) is 0 Å². The van der Waals surface area contributed by atoms with E-state index in [1.807, 2.05) is 12.1 Å². The summed E-state index contributed by atoms with van der Waals surface area (Å²) < 4.78 is 26.6. The monoisotopic (exact) mass is 424 g/mol. The number of nitrogens with one attached hydrogen (secondary N) is 1. The molecule has 0 unspecified atom stereocenters. The molecule has 1 amide bonds. The first kappa shape index (κ1) is 20.9. The zero-order valence-corrected chi connectivity index (χ0v) is 17.6. The standard InChI is InChI=1S/C23H25FN4O3/c1-30-21-13-16-6-10-27(15-18(16)14-22(21)31-2)11-8-25-23(29)17-4-5-20(19(24)12-17)28-9-3-7-26-28/h3-5,7,9,12-14H,6,8,10-11,15H2,1-2H3,(H,25,29). The molecule has 162 valence electrons. The number of nitrogens with zero attached hydrogens (tertiary/aromatic N) is 3. The highest BCUT2D eigenvalue weighted by Crippen LogP contribution is 2.33. The first-order valence-corrected chi connectivity index (χ1v) is 10.1. The molecule has 1 aliphatic rings. The van der Waals surface area contributed by atoms with Gasteiger partial charge in [-0.05, 0) is 53.9 Å². The molecule has 8 heteroatoms. The lowest BCUT2D eigenvalue weighted by Crippen LogP contribution is -2.37. The molecule has 1 aromatic heterocycles. The minimum atomic E-state index is -0.492. The Hall–Kier alpha value is -3.39. The van der Waals surface area contributed by atoms with Crippen LogP contribution in [0.25, 0.3) is 5.69 Å². The highest BCUT2D eigenvalue weighted by atomic mass is 19.1. The van der Waals surface area contributed by atoms with Crippen molar-refractivity contribution in [1.29, 1.82) is 0 Å². The molecule has 0 radical (unpaired) electrons. The lowest BCUT2D eigenvalue weighted by atomic mass is 9.99. The third-order valence-corrected chi connectivity index (χ3v) is 5.47. The summed E-state index contributed by atoms with van der Waals surface area (Å²) in [6.45, 7) is 2.85. The molecule has 0 bridgehead atoms. The molecule has 1 aliphatic heterocycles. The summed E-state index contributed by atoms with van der Waals surface area (Å²) in [7, 11) is 3.27. The van der Waals surface area contributed by atoms with E-state index >= 15 is 0 Å². The van der Waals surface area contributed by atoms with E-state index in [4.69, 9.17) is 9.47 Å². The van der Waals surface area contributed by atoms with Gasteiger partial charge in [-0.2, -0.15) is 5.10 Å². The summed E-state index contributed by atoms with van der Waals surface area (Å²) >= 11 is 0. The minimum absolute atomic E-state index is 0.286. The number of amides is 1. The number of aromatic nitrogens is 2. The summed E-state index contributed by atoms with van der Waals surface area (Å²) in [5, 5.41) is 6.89. The van der Waals surface area contributed by atoms with E-state index in [0.29, 0.717) is 18.8 Å². The molecule has 31 heavy (non-hydrogen) atoms. The fourth-order valence-corrected chi connectivity index (χ4v) is 3.81. The van der Waals surface area contributed by atoms with Gasteiger partial charge in [-0.15, -0.1) is 0 Å². The molecule has 0 fully saturated rings. The molecule has 0 saturated carbocycles. The fourth-order valence-electron chi connectivity index (χ4n) is 3.81. The first-order valence-electron chi connectivity index (χ1n) is 10.1. The van der Waals surface area contributed by atoms with Gasteiger partial charge in [-0.25, -0.2) is 9.07 Å². The second kappa shape index (κ2) is 9.18. The van der Waals surface area contributed by atoms with Crippen molar-refractivity contribution in [1.82, 2.24) is 20.0 Å². The summed E-state index contributed by atoms with van der Waals surface area (Å²) in [6, 6.07) is 10.2. The Morgan fingerprint density at radius 1 is 1.16 bits per heavy atom. The number of fused-ring (bicyclic) bond motifs is 1. The largest absolute Gasteiger partial charge is 0.493 e. The van der Waals surface area contributed by atoms with E-state index in [2.05, 4.69) is 15.3 Å². The predicted molar refractivity (Wildman–Crippen MR) is 114 cm³/mol. The number of benzene rings is 2. The van der Waals surface area contributed by atoms with Gasteiger partial charge in [0.1, 0.15) is 11.5 Å². The minimum Gasteiger partial charge on any atom is -0.493 e. The molecule has 0 saturated heterocycles. The predicted octanol–water partition coefficient (Wildman–Crippen LogP) is 2.82. The SMILES string of the molecule is COc1cc2c(cc1OC)CN(CCNC(=O)c1ccc(-n3cccn3)c(F)c1)CC2. The average Bonchev–Trinajstić information content (AvgIpc) is 3.32. The van der Waals surface area contributed by atoms with Crippen LogP contribution in [0, 0.1) is 5.82 Å². The number of carbonyl (C=O) groups excluding carboxylic acids is 1. The van der Waals surface area contributed by atoms with Gasteiger partial charge in [0.25, 0.3) is 5.91 Å². The maximum atomic E-state index is 14.4. The zero-order valence-electron chi connectivity index (χ0n) is 17.6. The van der Waals surface area contributed by atoms with E-state index in [0.717, 1.165) is 31.0 Å². The van der Waals surface area contributed by atoms with E-state index in [1.54, 1.807) is 44.8 Å². The van der Waals surface area contributed by atoms with Crippen LogP contribution < -0.4 is 14.8 Å². The summed E-state index contributed by atoms with van der Waals surface area (Å²) in [6.07, 6.45) is 4.13. The molecule has 1 N–H and O–H groups in total. The number of halogens is 1. The van der Waals surface area contributed by atoms with Crippen LogP contribution in [0.5, 0.6) is 11.5 Å². The Balaban J connectivity index is 1.33. The number of hydrogen-bond acceptors (Lipinski definition) is 5. The average molecular weight is 424 g/mol. The van der Waals surface area contributed by atoms with Crippen molar-refractivity contribution in [3.05, 3.63) is 71.3 Å². The maximum absolute atomic E-state index is 14.4. The van der Waals surface area contributed by atoms with Gasteiger partial charge in [-0.3, -0.25) is 9.69 Å². The van der Waals surface area contributed by atoms with Crippen molar-refractivity contribution >= 4 is 5.91 Å². The van der Waals surface area contributed by atoms with Gasteiger partial charge in [0.2, 0.25) is 0 Å². The molecular weight excluding hydrogens is 399 g/mol. The van der Waals surface area contributed by atoms with Gasteiger partial charge in [0, 0.05) is 44.1 Å². The molecule has 0 aliphatic carbocycles. The lowest BCUT2D eigenvalue weighted by Gasteiger charge is -2.29. The van der Waals surface area contributed by atoms with E-state index < -0.39 is 5.82 Å². The van der Waals surface area contributed by atoms with E-state index in [1.165, 1.54) is 21.9 Å². The number of ether oxygens (including phenoxy) is 2. The lowest BCUT2D eigenvalue weighted by molar-refractivity contribution is 0.0947. The van der Waals surface area contributed by atoms with Crippen LogP contribution in [-0.2, 0) is 13.0 Å². The smallest absolute Gasteiger partial charge is 0.251 e. The highest BCUT2D eigenvalue weighted by Gasteiger charge is 2.19. The first-order chi connectivity index (χ1) is 15.1. The Morgan fingerprint density at radius 2 is 1.94 bits per heavy atom. The Labute approximate surface area is 180 Å². The van der Waals surface area contributed by atoms with Crippen molar-refractivity contribution < 1.29 is 18.7 Å². The molecule has 3 aromatic rings.